The summed E-state index contributed by atoms with van der Waals surface area (Å²) in [6.45, 7) is 1.70. The van der Waals surface area contributed by atoms with E-state index >= 15 is 0 Å². The molecule has 0 aliphatic heterocycles. The van der Waals surface area contributed by atoms with Gasteiger partial charge in [0.25, 0.3) is 0 Å². The van der Waals surface area contributed by atoms with Crippen LogP contribution in [0.3, 0.4) is 0 Å². The van der Waals surface area contributed by atoms with Crippen LogP contribution in [0.2, 0.25) is 10.0 Å². The first kappa shape index (κ1) is 14.7. The standard InChI is InChI=1S/C14H11BrCl2O2/c1-8(18)9-5-6-12(10(15)7-9)19-13-4-2-3-11(16)14(13)17/h2-8,18H,1H3/t8-/m0/s1. The fraction of sp³-hybridized carbons (Fsp3) is 0.143. The van der Waals surface area contributed by atoms with Gasteiger partial charge in [-0.15, -0.1) is 0 Å². The molecular weight excluding hydrogens is 351 g/mol. The monoisotopic (exact) mass is 360 g/mol. The molecule has 2 aromatic carbocycles. The van der Waals surface area contributed by atoms with E-state index in [1.165, 1.54) is 0 Å². The summed E-state index contributed by atoms with van der Waals surface area (Å²) in [6.07, 6.45) is -0.528. The van der Waals surface area contributed by atoms with Crippen molar-refractivity contribution in [1.82, 2.24) is 0 Å². The molecule has 0 saturated carbocycles. The summed E-state index contributed by atoms with van der Waals surface area (Å²) in [5.74, 6) is 1.09. The van der Waals surface area contributed by atoms with E-state index in [0.717, 1.165) is 10.0 Å². The van der Waals surface area contributed by atoms with Gasteiger partial charge in [0.2, 0.25) is 0 Å². The fourth-order valence-electron chi connectivity index (χ4n) is 1.54. The second-order valence-corrected chi connectivity index (χ2v) is 5.66. The molecule has 19 heavy (non-hydrogen) atoms. The van der Waals surface area contributed by atoms with Crippen LogP contribution >= 0.6 is 39.1 Å². The van der Waals surface area contributed by atoms with Gasteiger partial charge in [0.05, 0.1) is 15.6 Å². The maximum atomic E-state index is 9.51. The Labute approximate surface area is 130 Å². The zero-order chi connectivity index (χ0) is 14.0. The summed E-state index contributed by atoms with van der Waals surface area (Å²) >= 11 is 15.4. The zero-order valence-electron chi connectivity index (χ0n) is 10.0. The van der Waals surface area contributed by atoms with Crippen LogP contribution in [0.4, 0.5) is 0 Å². The van der Waals surface area contributed by atoms with Gasteiger partial charge in [-0.25, -0.2) is 0 Å². The molecule has 2 rings (SSSR count). The maximum Gasteiger partial charge on any atom is 0.147 e. The van der Waals surface area contributed by atoms with Gasteiger partial charge >= 0.3 is 0 Å². The predicted molar refractivity (Wildman–Crippen MR) is 81.3 cm³/mol. The number of hydrogen-bond donors (Lipinski definition) is 1. The Morgan fingerprint density at radius 3 is 2.53 bits per heavy atom. The number of aliphatic hydroxyl groups is 1. The molecule has 1 atom stereocenters. The number of ether oxygens (including phenoxy) is 1. The molecule has 1 N–H and O–H groups in total. The third kappa shape index (κ3) is 3.42. The minimum atomic E-state index is -0.528. The molecule has 0 heterocycles. The normalized spacial score (nSPS) is 12.3. The number of aliphatic hydroxyl groups excluding tert-OH is 1. The largest absolute Gasteiger partial charge is 0.455 e. The number of rotatable bonds is 3. The van der Waals surface area contributed by atoms with Crippen LogP contribution < -0.4 is 4.74 Å². The molecule has 0 aliphatic carbocycles. The molecule has 0 aliphatic rings. The van der Waals surface area contributed by atoms with E-state index in [4.69, 9.17) is 27.9 Å². The van der Waals surface area contributed by atoms with Gasteiger partial charge in [0.15, 0.2) is 0 Å². The van der Waals surface area contributed by atoms with Crippen LogP contribution in [0, 0.1) is 0 Å². The first-order valence-corrected chi connectivity index (χ1v) is 7.13. The molecule has 0 amide bonds. The lowest BCUT2D eigenvalue weighted by atomic mass is 10.1. The Kier molecular flexibility index (Phi) is 4.74. The van der Waals surface area contributed by atoms with Crippen LogP contribution in [-0.2, 0) is 0 Å². The van der Waals surface area contributed by atoms with E-state index in [0.29, 0.717) is 21.5 Å². The first-order chi connectivity index (χ1) is 8.99. The quantitative estimate of drug-likeness (QED) is 0.770. The van der Waals surface area contributed by atoms with Crippen molar-refractivity contribution >= 4 is 39.1 Å². The molecule has 2 aromatic rings. The number of benzene rings is 2. The summed E-state index contributed by atoms with van der Waals surface area (Å²) in [5, 5.41) is 10.3. The summed E-state index contributed by atoms with van der Waals surface area (Å²) in [4.78, 5) is 0. The van der Waals surface area contributed by atoms with Gasteiger partial charge in [0.1, 0.15) is 16.5 Å². The lowest BCUT2D eigenvalue weighted by Crippen LogP contribution is -1.92. The lowest BCUT2D eigenvalue weighted by molar-refractivity contribution is 0.199. The number of hydrogen-bond acceptors (Lipinski definition) is 2. The first-order valence-electron chi connectivity index (χ1n) is 5.58. The summed E-state index contributed by atoms with van der Waals surface area (Å²) < 4.78 is 6.45. The highest BCUT2D eigenvalue weighted by atomic mass is 79.9. The smallest absolute Gasteiger partial charge is 0.147 e. The maximum absolute atomic E-state index is 9.51. The summed E-state index contributed by atoms with van der Waals surface area (Å²) in [5.41, 5.74) is 0.802. The lowest BCUT2D eigenvalue weighted by Gasteiger charge is -2.12. The van der Waals surface area contributed by atoms with E-state index in [1.54, 1.807) is 43.3 Å². The molecular formula is C14H11BrCl2O2. The molecule has 0 radical (unpaired) electrons. The van der Waals surface area contributed by atoms with Gasteiger partial charge < -0.3 is 9.84 Å². The Morgan fingerprint density at radius 1 is 1.16 bits per heavy atom. The van der Waals surface area contributed by atoms with Crippen molar-refractivity contribution in [2.75, 3.05) is 0 Å². The zero-order valence-corrected chi connectivity index (χ0v) is 13.1. The van der Waals surface area contributed by atoms with Gasteiger partial charge in [-0.05, 0) is 52.7 Å². The molecule has 2 nitrogen and oxygen atoms in total. The van der Waals surface area contributed by atoms with Crippen LogP contribution in [0.5, 0.6) is 11.5 Å². The highest BCUT2D eigenvalue weighted by molar-refractivity contribution is 9.10. The van der Waals surface area contributed by atoms with Gasteiger partial charge in [-0.3, -0.25) is 0 Å². The SMILES string of the molecule is C[C@H](O)c1ccc(Oc2cccc(Cl)c2Cl)c(Br)c1. The van der Waals surface area contributed by atoms with Crippen LogP contribution in [0.1, 0.15) is 18.6 Å². The van der Waals surface area contributed by atoms with Crippen LogP contribution in [0.25, 0.3) is 0 Å². The Morgan fingerprint density at radius 2 is 1.89 bits per heavy atom. The molecule has 0 unspecified atom stereocenters. The third-order valence-corrected chi connectivity index (χ3v) is 4.00. The highest BCUT2D eigenvalue weighted by Crippen LogP contribution is 2.37. The highest BCUT2D eigenvalue weighted by Gasteiger charge is 2.10. The average molecular weight is 362 g/mol. The van der Waals surface area contributed by atoms with Gasteiger partial charge in [-0.2, -0.15) is 0 Å². The molecule has 0 saturated heterocycles. The molecule has 0 spiro atoms. The van der Waals surface area contributed by atoms with Crippen molar-refractivity contribution in [2.45, 2.75) is 13.0 Å². The van der Waals surface area contributed by atoms with Gasteiger partial charge in [-0.1, -0.05) is 35.3 Å². The number of halogens is 3. The predicted octanol–water partition coefficient (Wildman–Crippen LogP) is 5.60. The van der Waals surface area contributed by atoms with E-state index in [1.807, 2.05) is 0 Å². The van der Waals surface area contributed by atoms with Crippen molar-refractivity contribution in [3.63, 3.8) is 0 Å². The minimum absolute atomic E-state index is 0.371. The van der Waals surface area contributed by atoms with Crippen molar-refractivity contribution < 1.29 is 9.84 Å². The molecule has 0 bridgehead atoms. The van der Waals surface area contributed by atoms with E-state index in [-0.39, 0.29) is 0 Å². The Bertz CT molecular complexity index is 600. The summed E-state index contributed by atoms with van der Waals surface area (Å²) in [6, 6.07) is 10.6. The van der Waals surface area contributed by atoms with Crippen LogP contribution in [0.15, 0.2) is 40.9 Å². The average Bonchev–Trinajstić information content (AvgIpc) is 2.37. The molecule has 0 aromatic heterocycles. The Balaban J connectivity index is 2.31. The second-order valence-electron chi connectivity index (χ2n) is 4.02. The van der Waals surface area contributed by atoms with Crippen LogP contribution in [-0.4, -0.2) is 5.11 Å². The Hall–Kier alpha value is -0.740. The van der Waals surface area contributed by atoms with Gasteiger partial charge in [0, 0.05) is 0 Å². The fourth-order valence-corrected chi connectivity index (χ4v) is 2.35. The topological polar surface area (TPSA) is 29.5 Å². The minimum Gasteiger partial charge on any atom is -0.455 e. The van der Waals surface area contributed by atoms with E-state index in [2.05, 4.69) is 15.9 Å². The third-order valence-electron chi connectivity index (χ3n) is 2.57. The van der Waals surface area contributed by atoms with Crippen molar-refractivity contribution in [1.29, 1.82) is 0 Å². The van der Waals surface area contributed by atoms with E-state index < -0.39 is 6.10 Å². The van der Waals surface area contributed by atoms with Crippen molar-refractivity contribution in [3.05, 3.63) is 56.5 Å². The second kappa shape index (κ2) is 6.14. The van der Waals surface area contributed by atoms with Crippen molar-refractivity contribution in [2.24, 2.45) is 0 Å². The molecule has 5 heteroatoms. The van der Waals surface area contributed by atoms with E-state index in [9.17, 15) is 5.11 Å². The molecule has 100 valence electrons. The molecule has 0 fully saturated rings. The summed E-state index contributed by atoms with van der Waals surface area (Å²) in [7, 11) is 0. The van der Waals surface area contributed by atoms with Crippen molar-refractivity contribution in [3.8, 4) is 11.5 Å².